The number of phosphoric acid groups is 2. The Balaban J connectivity index is 5.16. The van der Waals surface area contributed by atoms with Gasteiger partial charge in [-0.05, 0) is 37.5 Å². The number of carbonyl (C=O) groups is 4. The van der Waals surface area contributed by atoms with E-state index < -0.39 is 97.5 Å². The minimum Gasteiger partial charge on any atom is -0.462 e. The molecule has 19 heteroatoms. The fourth-order valence-corrected chi connectivity index (χ4v) is 12.3. The van der Waals surface area contributed by atoms with Crippen LogP contribution < -0.4 is 0 Å². The molecule has 2 unspecified atom stereocenters. The van der Waals surface area contributed by atoms with E-state index >= 15 is 0 Å². The van der Waals surface area contributed by atoms with Crippen LogP contribution in [0.5, 0.6) is 0 Å². The number of esters is 4. The van der Waals surface area contributed by atoms with E-state index in [1.54, 1.807) is 0 Å². The van der Waals surface area contributed by atoms with Crippen LogP contribution >= 0.6 is 15.6 Å². The third-order valence-electron chi connectivity index (χ3n) is 16.5. The second-order valence-corrected chi connectivity index (χ2v) is 29.5. The van der Waals surface area contributed by atoms with Gasteiger partial charge in [-0.3, -0.25) is 37.3 Å². The SMILES string of the molecule is CCCCCCCCCCCCCCCCC(=O)O[C@H](COC(=O)CCCCCCC)COP(=O)(O)OC[C@H](O)COP(=O)(O)OC[C@@H](COC(=O)CCCCCCCCCCCCCCC(C)C)OC(=O)CCCCCCCCCCCCCCCC(C)C. The minimum atomic E-state index is -4.95. The van der Waals surface area contributed by atoms with Gasteiger partial charge in [0.15, 0.2) is 12.2 Å². The quantitative estimate of drug-likeness (QED) is 0.0222. The summed E-state index contributed by atoms with van der Waals surface area (Å²) in [5.41, 5.74) is 0. The van der Waals surface area contributed by atoms with Crippen LogP contribution in [0.1, 0.15) is 363 Å². The lowest BCUT2D eigenvalue weighted by molar-refractivity contribution is -0.161. The van der Waals surface area contributed by atoms with Gasteiger partial charge in [-0.25, -0.2) is 9.13 Å². The van der Waals surface area contributed by atoms with Crippen molar-refractivity contribution in [1.29, 1.82) is 0 Å². The molecule has 0 aliphatic carbocycles. The molecule has 0 saturated heterocycles. The zero-order valence-corrected chi connectivity index (χ0v) is 60.2. The van der Waals surface area contributed by atoms with Crippen LogP contribution in [0.3, 0.4) is 0 Å². The molecule has 534 valence electrons. The van der Waals surface area contributed by atoms with Gasteiger partial charge in [0.05, 0.1) is 26.4 Å². The number of hydrogen-bond acceptors (Lipinski definition) is 15. The molecule has 0 rings (SSSR count). The van der Waals surface area contributed by atoms with Crippen molar-refractivity contribution < 1.29 is 80.2 Å². The van der Waals surface area contributed by atoms with Gasteiger partial charge in [-0.2, -0.15) is 0 Å². The van der Waals surface area contributed by atoms with Crippen LogP contribution in [-0.2, 0) is 65.4 Å². The van der Waals surface area contributed by atoms with Crippen molar-refractivity contribution in [1.82, 2.24) is 0 Å². The van der Waals surface area contributed by atoms with Gasteiger partial charge in [0, 0.05) is 25.7 Å². The highest BCUT2D eigenvalue weighted by atomic mass is 31.2. The van der Waals surface area contributed by atoms with Crippen LogP contribution in [0.15, 0.2) is 0 Å². The highest BCUT2D eigenvalue weighted by Crippen LogP contribution is 2.45. The largest absolute Gasteiger partial charge is 0.472 e. The first-order valence-corrected chi connectivity index (χ1v) is 40.0. The van der Waals surface area contributed by atoms with Crippen LogP contribution in [-0.4, -0.2) is 96.7 Å². The molecule has 0 fully saturated rings. The molecule has 0 bridgehead atoms. The van der Waals surface area contributed by atoms with Crippen molar-refractivity contribution in [2.24, 2.45) is 11.8 Å². The number of hydrogen-bond donors (Lipinski definition) is 3. The molecule has 0 spiro atoms. The van der Waals surface area contributed by atoms with Gasteiger partial charge in [-0.15, -0.1) is 0 Å². The number of rotatable bonds is 70. The second kappa shape index (κ2) is 63.1. The molecular formula is C71H138O17P2. The monoisotopic (exact) mass is 1320 g/mol. The predicted molar refractivity (Wildman–Crippen MR) is 363 cm³/mol. The van der Waals surface area contributed by atoms with Crippen molar-refractivity contribution in [3.8, 4) is 0 Å². The predicted octanol–water partition coefficient (Wildman–Crippen LogP) is 20.4. The van der Waals surface area contributed by atoms with E-state index in [1.807, 2.05) is 0 Å². The first-order chi connectivity index (χ1) is 43.4. The van der Waals surface area contributed by atoms with E-state index in [0.717, 1.165) is 108 Å². The number of aliphatic hydroxyl groups is 1. The molecule has 3 N–H and O–H groups in total. The Bertz CT molecular complexity index is 1750. The maximum absolute atomic E-state index is 13.0. The van der Waals surface area contributed by atoms with Crippen molar-refractivity contribution in [3.63, 3.8) is 0 Å². The first-order valence-electron chi connectivity index (χ1n) is 37.0. The van der Waals surface area contributed by atoms with Gasteiger partial charge in [-0.1, -0.05) is 311 Å². The Labute approximate surface area is 549 Å². The molecule has 0 heterocycles. The van der Waals surface area contributed by atoms with Crippen LogP contribution in [0.25, 0.3) is 0 Å². The smallest absolute Gasteiger partial charge is 0.462 e. The first kappa shape index (κ1) is 88.1. The molecule has 0 aliphatic heterocycles. The summed E-state index contributed by atoms with van der Waals surface area (Å²) < 4.78 is 68.1. The topological polar surface area (TPSA) is 237 Å². The summed E-state index contributed by atoms with van der Waals surface area (Å²) >= 11 is 0. The lowest BCUT2D eigenvalue weighted by Gasteiger charge is -2.21. The Hall–Kier alpha value is -1.94. The van der Waals surface area contributed by atoms with Crippen molar-refractivity contribution in [2.75, 3.05) is 39.6 Å². The van der Waals surface area contributed by atoms with E-state index in [1.165, 1.54) is 173 Å². The molecule has 0 aliphatic rings. The van der Waals surface area contributed by atoms with Crippen molar-refractivity contribution >= 4 is 39.5 Å². The Morgan fingerprint density at radius 1 is 0.300 bits per heavy atom. The minimum absolute atomic E-state index is 0.107. The Kier molecular flexibility index (Phi) is 61.8. The second-order valence-electron chi connectivity index (χ2n) is 26.6. The summed E-state index contributed by atoms with van der Waals surface area (Å²) in [5.74, 6) is -0.564. The van der Waals surface area contributed by atoms with Gasteiger partial charge in [0.25, 0.3) is 0 Å². The lowest BCUT2D eigenvalue weighted by atomic mass is 10.0. The molecule has 90 heavy (non-hydrogen) atoms. The van der Waals surface area contributed by atoms with Crippen molar-refractivity contribution in [3.05, 3.63) is 0 Å². The number of aliphatic hydroxyl groups excluding tert-OH is 1. The summed E-state index contributed by atoms with van der Waals surface area (Å²) in [6.07, 6.45) is 48.8. The summed E-state index contributed by atoms with van der Waals surface area (Å²) in [5, 5.41) is 10.6. The molecule has 5 atom stereocenters. The third kappa shape index (κ3) is 64.8. The number of carbonyl (C=O) groups excluding carboxylic acids is 4. The normalized spacial score (nSPS) is 14.1. The summed E-state index contributed by atoms with van der Waals surface area (Å²) in [4.78, 5) is 72.3. The summed E-state index contributed by atoms with van der Waals surface area (Å²) in [7, 11) is -9.89. The summed E-state index contributed by atoms with van der Waals surface area (Å²) in [6, 6.07) is 0. The molecule has 0 aromatic carbocycles. The molecule has 0 aromatic heterocycles. The molecule has 0 amide bonds. The number of ether oxygens (including phenoxy) is 4. The molecule has 0 saturated carbocycles. The zero-order chi connectivity index (χ0) is 66.5. The lowest BCUT2D eigenvalue weighted by Crippen LogP contribution is -2.30. The number of phosphoric ester groups is 2. The van der Waals surface area contributed by atoms with Crippen LogP contribution in [0.2, 0.25) is 0 Å². The highest BCUT2D eigenvalue weighted by Gasteiger charge is 2.30. The zero-order valence-electron chi connectivity index (χ0n) is 58.4. The summed E-state index contributed by atoms with van der Waals surface area (Å²) in [6.45, 7) is 9.51. The van der Waals surface area contributed by atoms with Gasteiger partial charge >= 0.3 is 39.5 Å². The number of unbranched alkanes of at least 4 members (excludes halogenated alkanes) is 40. The van der Waals surface area contributed by atoms with Crippen LogP contribution in [0, 0.1) is 11.8 Å². The Morgan fingerprint density at radius 2 is 0.511 bits per heavy atom. The molecule has 0 radical (unpaired) electrons. The average Bonchev–Trinajstić information content (AvgIpc) is 2.95. The third-order valence-corrected chi connectivity index (χ3v) is 18.4. The average molecular weight is 1330 g/mol. The molecule has 0 aromatic rings. The van der Waals surface area contributed by atoms with E-state index in [9.17, 15) is 43.2 Å². The fourth-order valence-electron chi connectivity index (χ4n) is 10.8. The Morgan fingerprint density at radius 3 is 0.756 bits per heavy atom. The van der Waals surface area contributed by atoms with Crippen LogP contribution in [0.4, 0.5) is 0 Å². The van der Waals surface area contributed by atoms with E-state index in [2.05, 4.69) is 41.5 Å². The standard InChI is InChI=1S/C71H138O17P2/c1-7-9-11-13-14-15-16-17-20-27-32-37-43-49-55-70(75)87-66(59-81-68(73)53-47-39-12-10-8-2)61-85-89(77,78)83-57-65(72)58-84-90(79,80)86-62-67(60-82-69(74)54-48-42-36-31-26-23-22-25-30-35-41-46-52-64(5)6)88-71(76)56-50-44-38-33-28-21-18-19-24-29-34-40-45-51-63(3)4/h63-67,72H,7-62H2,1-6H3,(H,77,78)(H,79,80)/t65-,66+,67+/m0/s1. The van der Waals surface area contributed by atoms with Gasteiger partial charge in [0.2, 0.25) is 0 Å². The maximum atomic E-state index is 13.0. The maximum Gasteiger partial charge on any atom is 0.472 e. The fraction of sp³-hybridized carbons (Fsp3) is 0.944. The van der Waals surface area contributed by atoms with E-state index in [0.29, 0.717) is 25.7 Å². The highest BCUT2D eigenvalue weighted by molar-refractivity contribution is 7.47. The van der Waals surface area contributed by atoms with Gasteiger partial charge < -0.3 is 33.8 Å². The van der Waals surface area contributed by atoms with Crippen molar-refractivity contribution in [2.45, 2.75) is 381 Å². The molecule has 17 nitrogen and oxygen atoms in total. The van der Waals surface area contributed by atoms with E-state index in [4.69, 9.17) is 37.0 Å². The van der Waals surface area contributed by atoms with E-state index in [-0.39, 0.29) is 25.7 Å². The van der Waals surface area contributed by atoms with Gasteiger partial charge in [0.1, 0.15) is 19.3 Å². The molecular weight excluding hydrogens is 1190 g/mol.